The van der Waals surface area contributed by atoms with E-state index in [9.17, 15) is 5.11 Å². The summed E-state index contributed by atoms with van der Waals surface area (Å²) in [4.78, 5) is 4.15. The van der Waals surface area contributed by atoms with Crippen molar-refractivity contribution in [3.63, 3.8) is 0 Å². The first-order valence-electron chi connectivity index (χ1n) is 5.98. The van der Waals surface area contributed by atoms with E-state index in [1.165, 1.54) is 0 Å². The second kappa shape index (κ2) is 5.65. The fourth-order valence-electron chi connectivity index (χ4n) is 1.77. The van der Waals surface area contributed by atoms with Crippen LogP contribution in [-0.2, 0) is 6.61 Å². The van der Waals surface area contributed by atoms with E-state index in [0.717, 1.165) is 11.3 Å². The summed E-state index contributed by atoms with van der Waals surface area (Å²) in [6.07, 6.45) is 1.60. The second-order valence-corrected chi connectivity index (χ2v) is 4.26. The van der Waals surface area contributed by atoms with Gasteiger partial charge in [0, 0.05) is 23.5 Å². The molecule has 0 fully saturated rings. The average molecular weight is 243 g/mol. The van der Waals surface area contributed by atoms with E-state index < -0.39 is 0 Å². The third kappa shape index (κ3) is 2.87. The molecule has 2 aromatic rings. The number of hydrogen-bond acceptors (Lipinski definition) is 3. The van der Waals surface area contributed by atoms with Crippen LogP contribution >= 0.6 is 0 Å². The number of hydrogen-bond donors (Lipinski definition) is 1. The molecule has 0 spiro atoms. The van der Waals surface area contributed by atoms with E-state index in [1.54, 1.807) is 6.20 Å². The number of aliphatic hydroxyl groups excluding tert-OH is 1. The molecule has 0 saturated carbocycles. The van der Waals surface area contributed by atoms with Crippen LogP contribution in [0.5, 0.6) is 5.75 Å². The van der Waals surface area contributed by atoms with Crippen molar-refractivity contribution in [2.75, 3.05) is 0 Å². The Morgan fingerprint density at radius 2 is 2.00 bits per heavy atom. The lowest BCUT2D eigenvalue weighted by atomic mass is 10.1. The lowest BCUT2D eigenvalue weighted by Crippen LogP contribution is -2.05. The van der Waals surface area contributed by atoms with Crippen molar-refractivity contribution in [3.8, 4) is 5.75 Å². The number of benzene rings is 1. The molecule has 3 heteroatoms. The predicted molar refractivity (Wildman–Crippen MR) is 70.4 cm³/mol. The molecule has 94 valence electrons. The Kier molecular flexibility index (Phi) is 3.95. The van der Waals surface area contributed by atoms with Crippen molar-refractivity contribution < 1.29 is 9.84 Å². The van der Waals surface area contributed by atoms with E-state index >= 15 is 0 Å². The molecule has 0 amide bonds. The molecular formula is C15H17NO2. The van der Waals surface area contributed by atoms with Crippen LogP contribution in [0.25, 0.3) is 0 Å². The lowest BCUT2D eigenvalue weighted by Gasteiger charge is -2.17. The summed E-state index contributed by atoms with van der Waals surface area (Å²) >= 11 is 0. The number of pyridine rings is 1. The first-order chi connectivity index (χ1) is 8.70. The summed E-state index contributed by atoms with van der Waals surface area (Å²) < 4.78 is 5.90. The van der Waals surface area contributed by atoms with Gasteiger partial charge in [0.05, 0.1) is 6.61 Å². The summed E-state index contributed by atoms with van der Waals surface area (Å²) in [6, 6.07) is 11.9. The van der Waals surface area contributed by atoms with E-state index in [2.05, 4.69) is 4.98 Å². The Balaban J connectivity index is 2.21. The van der Waals surface area contributed by atoms with Crippen LogP contribution < -0.4 is 4.74 Å². The Bertz CT molecular complexity index is 511. The second-order valence-electron chi connectivity index (χ2n) is 4.26. The molecule has 18 heavy (non-hydrogen) atoms. The minimum absolute atomic E-state index is 0.0571. The van der Waals surface area contributed by atoms with Crippen LogP contribution in [-0.4, -0.2) is 10.1 Å². The SMILES string of the molecule is Cc1cc(OC(C)c2ccccc2)c(CO)cn1. The van der Waals surface area contributed by atoms with Gasteiger partial charge in [0.1, 0.15) is 11.9 Å². The number of aryl methyl sites for hydroxylation is 1. The molecule has 1 aromatic heterocycles. The highest BCUT2D eigenvalue weighted by atomic mass is 16.5. The monoisotopic (exact) mass is 243 g/mol. The van der Waals surface area contributed by atoms with Crippen molar-refractivity contribution in [2.45, 2.75) is 26.6 Å². The lowest BCUT2D eigenvalue weighted by molar-refractivity contribution is 0.212. The smallest absolute Gasteiger partial charge is 0.129 e. The molecule has 0 aliphatic rings. The summed E-state index contributed by atoms with van der Waals surface area (Å²) in [6.45, 7) is 3.83. The maximum Gasteiger partial charge on any atom is 0.129 e. The Morgan fingerprint density at radius 1 is 1.28 bits per heavy atom. The van der Waals surface area contributed by atoms with Gasteiger partial charge in [-0.15, -0.1) is 0 Å². The van der Waals surface area contributed by atoms with Crippen molar-refractivity contribution in [1.82, 2.24) is 4.98 Å². The first kappa shape index (κ1) is 12.6. The molecule has 1 N–H and O–H groups in total. The quantitative estimate of drug-likeness (QED) is 0.897. The van der Waals surface area contributed by atoms with Crippen LogP contribution in [0.2, 0.25) is 0 Å². The molecule has 0 bridgehead atoms. The van der Waals surface area contributed by atoms with E-state index in [4.69, 9.17) is 4.74 Å². The fraction of sp³-hybridized carbons (Fsp3) is 0.267. The summed E-state index contributed by atoms with van der Waals surface area (Å²) in [5.74, 6) is 0.696. The molecule has 1 unspecified atom stereocenters. The Labute approximate surface area is 107 Å². The Morgan fingerprint density at radius 3 is 2.67 bits per heavy atom. The van der Waals surface area contributed by atoms with Crippen molar-refractivity contribution in [2.24, 2.45) is 0 Å². The van der Waals surface area contributed by atoms with E-state index in [-0.39, 0.29) is 12.7 Å². The molecule has 0 aliphatic heterocycles. The maximum absolute atomic E-state index is 9.27. The third-order valence-electron chi connectivity index (χ3n) is 2.82. The molecule has 0 saturated heterocycles. The topological polar surface area (TPSA) is 42.4 Å². The van der Waals surface area contributed by atoms with Crippen LogP contribution in [0.4, 0.5) is 0 Å². The summed E-state index contributed by atoms with van der Waals surface area (Å²) in [5.41, 5.74) is 2.70. The summed E-state index contributed by atoms with van der Waals surface area (Å²) in [7, 11) is 0. The number of aromatic nitrogens is 1. The molecule has 1 atom stereocenters. The molecule has 1 heterocycles. The van der Waals surface area contributed by atoms with Gasteiger partial charge >= 0.3 is 0 Å². The van der Waals surface area contributed by atoms with Gasteiger partial charge in [0.25, 0.3) is 0 Å². The average Bonchev–Trinajstić information content (AvgIpc) is 2.40. The van der Waals surface area contributed by atoms with Gasteiger partial charge in [0.2, 0.25) is 0 Å². The van der Waals surface area contributed by atoms with Gasteiger partial charge in [-0.1, -0.05) is 30.3 Å². The normalized spacial score (nSPS) is 12.2. The highest BCUT2D eigenvalue weighted by Crippen LogP contribution is 2.25. The number of ether oxygens (including phenoxy) is 1. The molecule has 2 rings (SSSR count). The van der Waals surface area contributed by atoms with Gasteiger partial charge in [-0.2, -0.15) is 0 Å². The van der Waals surface area contributed by atoms with Crippen LogP contribution in [0.1, 0.15) is 29.8 Å². The molecule has 3 nitrogen and oxygen atoms in total. The molecular weight excluding hydrogens is 226 g/mol. The minimum Gasteiger partial charge on any atom is -0.486 e. The fourth-order valence-corrected chi connectivity index (χ4v) is 1.77. The molecule has 1 aromatic carbocycles. The van der Waals surface area contributed by atoms with Crippen molar-refractivity contribution in [3.05, 3.63) is 59.4 Å². The zero-order valence-electron chi connectivity index (χ0n) is 10.6. The van der Waals surface area contributed by atoms with Crippen LogP contribution in [0, 0.1) is 6.92 Å². The molecule has 0 aliphatic carbocycles. The van der Waals surface area contributed by atoms with Crippen LogP contribution in [0.15, 0.2) is 42.6 Å². The van der Waals surface area contributed by atoms with E-state index in [1.807, 2.05) is 50.2 Å². The Hall–Kier alpha value is -1.87. The predicted octanol–water partition coefficient (Wildman–Crippen LogP) is 3.02. The van der Waals surface area contributed by atoms with Gasteiger partial charge in [-0.25, -0.2) is 0 Å². The molecule has 0 radical (unpaired) electrons. The summed E-state index contributed by atoms with van der Waals surface area (Å²) in [5, 5.41) is 9.27. The van der Waals surface area contributed by atoms with E-state index in [0.29, 0.717) is 11.3 Å². The number of nitrogens with zero attached hydrogens (tertiary/aromatic N) is 1. The largest absolute Gasteiger partial charge is 0.486 e. The van der Waals surface area contributed by atoms with Gasteiger partial charge < -0.3 is 9.84 Å². The number of aliphatic hydroxyl groups is 1. The van der Waals surface area contributed by atoms with Crippen molar-refractivity contribution >= 4 is 0 Å². The van der Waals surface area contributed by atoms with Gasteiger partial charge in [-0.05, 0) is 19.4 Å². The first-order valence-corrected chi connectivity index (χ1v) is 5.98. The highest BCUT2D eigenvalue weighted by Gasteiger charge is 2.10. The minimum atomic E-state index is -0.0654. The third-order valence-corrected chi connectivity index (χ3v) is 2.82. The van der Waals surface area contributed by atoms with Crippen molar-refractivity contribution in [1.29, 1.82) is 0 Å². The highest BCUT2D eigenvalue weighted by molar-refractivity contribution is 5.33. The standard InChI is InChI=1S/C15H17NO2/c1-11-8-15(14(10-17)9-16-11)18-12(2)13-6-4-3-5-7-13/h3-9,12,17H,10H2,1-2H3. The zero-order chi connectivity index (χ0) is 13.0. The maximum atomic E-state index is 9.27. The van der Waals surface area contributed by atoms with Gasteiger partial charge in [0.15, 0.2) is 0 Å². The van der Waals surface area contributed by atoms with Crippen LogP contribution in [0.3, 0.4) is 0 Å². The zero-order valence-corrected chi connectivity index (χ0v) is 10.6. The number of rotatable bonds is 4. The van der Waals surface area contributed by atoms with Gasteiger partial charge in [-0.3, -0.25) is 4.98 Å².